The number of hydrogen-bond acceptors (Lipinski definition) is 9. The van der Waals surface area contributed by atoms with Crippen LogP contribution in [0.3, 0.4) is 0 Å². The number of hydrogen-bond donors (Lipinski definition) is 2. The minimum Gasteiger partial charge on any atom is -0.440 e. The fourth-order valence-electron chi connectivity index (χ4n) is 4.92. The first-order valence-electron chi connectivity index (χ1n) is 12.2. The van der Waals surface area contributed by atoms with Gasteiger partial charge in [-0.1, -0.05) is 11.6 Å². The van der Waals surface area contributed by atoms with Gasteiger partial charge in [0.05, 0.1) is 17.4 Å². The van der Waals surface area contributed by atoms with Gasteiger partial charge >= 0.3 is 0 Å². The van der Waals surface area contributed by atoms with E-state index >= 15 is 0 Å². The Bertz CT molecular complexity index is 1590. The van der Waals surface area contributed by atoms with Crippen molar-refractivity contribution in [2.75, 3.05) is 11.5 Å². The molecule has 2 fully saturated rings. The van der Waals surface area contributed by atoms with Gasteiger partial charge in [0, 0.05) is 17.0 Å². The number of nitrogens with one attached hydrogen (secondary N) is 2. The molecule has 11 nitrogen and oxygen atoms in total. The van der Waals surface area contributed by atoms with Crippen LogP contribution in [0.4, 0.5) is 0 Å². The van der Waals surface area contributed by atoms with Crippen molar-refractivity contribution in [3.8, 4) is 0 Å². The Balaban J connectivity index is 1.16. The number of furan rings is 1. The van der Waals surface area contributed by atoms with Gasteiger partial charge in [0.1, 0.15) is 5.52 Å². The molecule has 1 aliphatic carbocycles. The highest BCUT2D eigenvalue weighted by molar-refractivity contribution is 7.91. The van der Waals surface area contributed by atoms with Crippen LogP contribution in [0.15, 0.2) is 44.3 Å². The second-order valence-corrected chi connectivity index (χ2v) is 14.0. The molecular formula is C24H26ClN3O8S2. The molecule has 38 heavy (non-hydrogen) atoms. The maximum atomic E-state index is 12.7. The Kier molecular flexibility index (Phi) is 7.27. The number of oxazole rings is 1. The molecule has 1 saturated heterocycles. The van der Waals surface area contributed by atoms with Gasteiger partial charge in [0.15, 0.2) is 27.1 Å². The highest BCUT2D eigenvalue weighted by Gasteiger charge is 2.34. The van der Waals surface area contributed by atoms with Gasteiger partial charge in [-0.25, -0.2) is 18.1 Å². The molecule has 1 unspecified atom stereocenters. The van der Waals surface area contributed by atoms with Crippen molar-refractivity contribution in [1.29, 1.82) is 0 Å². The van der Waals surface area contributed by atoms with Gasteiger partial charge in [-0.15, -0.1) is 0 Å². The van der Waals surface area contributed by atoms with Crippen LogP contribution in [-0.4, -0.2) is 51.2 Å². The summed E-state index contributed by atoms with van der Waals surface area (Å²) in [6, 6.07) is 7.43. The van der Waals surface area contributed by atoms with Crippen LogP contribution in [-0.2, 0) is 24.7 Å². The summed E-state index contributed by atoms with van der Waals surface area (Å²) in [4.78, 5) is 29.6. The predicted molar refractivity (Wildman–Crippen MR) is 137 cm³/mol. The van der Waals surface area contributed by atoms with E-state index in [9.17, 15) is 26.4 Å². The molecule has 1 saturated carbocycles. The summed E-state index contributed by atoms with van der Waals surface area (Å²) in [6.07, 6.45) is 3.38. The van der Waals surface area contributed by atoms with Crippen molar-refractivity contribution in [3.05, 3.63) is 47.0 Å². The number of sulfonamides is 1. The van der Waals surface area contributed by atoms with Crippen LogP contribution in [0.1, 0.15) is 60.9 Å². The average molecular weight is 584 g/mol. The predicted octanol–water partition coefficient (Wildman–Crippen LogP) is 3.16. The normalized spacial score (nSPS) is 23.7. The monoisotopic (exact) mass is 583 g/mol. The maximum Gasteiger partial charge on any atom is 0.297 e. The number of sulfone groups is 1. The Morgan fingerprint density at radius 3 is 2.53 bits per heavy atom. The van der Waals surface area contributed by atoms with E-state index in [0.29, 0.717) is 34.9 Å². The van der Waals surface area contributed by atoms with Crippen LogP contribution in [0.2, 0.25) is 5.02 Å². The lowest BCUT2D eigenvalue weighted by atomic mass is 9.86. The van der Waals surface area contributed by atoms with E-state index in [4.69, 9.17) is 20.4 Å². The maximum absolute atomic E-state index is 12.7. The third-order valence-corrected chi connectivity index (χ3v) is 10.2. The SMILES string of the molecule is O=C(NC1CCC(c2nc3cc(Cl)ccc3o2)CC1)c1ccc(S(=O)(=O)NC(=O)C2CCCS(=O)(=O)C2)o1. The number of aromatic nitrogens is 1. The van der Waals surface area contributed by atoms with Crippen molar-refractivity contribution in [2.45, 2.75) is 55.6 Å². The molecule has 0 radical (unpaired) electrons. The number of carbonyl (C=O) groups is 2. The van der Waals surface area contributed by atoms with Crippen molar-refractivity contribution >= 4 is 54.4 Å². The zero-order valence-electron chi connectivity index (χ0n) is 20.2. The molecule has 1 aromatic carbocycles. The highest BCUT2D eigenvalue weighted by atomic mass is 35.5. The summed E-state index contributed by atoms with van der Waals surface area (Å²) in [5.74, 6) is -2.32. The second-order valence-electron chi connectivity index (χ2n) is 9.73. The van der Waals surface area contributed by atoms with Gasteiger partial charge in [-0.2, -0.15) is 8.42 Å². The van der Waals surface area contributed by atoms with Crippen LogP contribution >= 0.6 is 11.6 Å². The minimum atomic E-state index is -4.41. The van der Waals surface area contributed by atoms with E-state index in [1.807, 2.05) is 4.72 Å². The molecule has 2 N–H and O–H groups in total. The Labute approximate surface area is 224 Å². The van der Waals surface area contributed by atoms with Crippen molar-refractivity contribution < 1.29 is 35.3 Å². The first-order valence-corrected chi connectivity index (χ1v) is 15.9. The van der Waals surface area contributed by atoms with Gasteiger partial charge < -0.3 is 14.2 Å². The van der Waals surface area contributed by atoms with E-state index in [-0.39, 0.29) is 36.3 Å². The molecule has 204 valence electrons. The largest absolute Gasteiger partial charge is 0.440 e. The zero-order chi connectivity index (χ0) is 27.1. The molecule has 3 aromatic rings. The van der Waals surface area contributed by atoms with Crippen molar-refractivity contribution in [2.24, 2.45) is 5.92 Å². The number of carbonyl (C=O) groups excluding carboxylic acids is 2. The first kappa shape index (κ1) is 26.7. The van der Waals surface area contributed by atoms with E-state index < -0.39 is 48.4 Å². The Morgan fingerprint density at radius 1 is 1.03 bits per heavy atom. The van der Waals surface area contributed by atoms with Crippen LogP contribution in [0, 0.1) is 5.92 Å². The minimum absolute atomic E-state index is 0.0199. The van der Waals surface area contributed by atoms with E-state index in [2.05, 4.69) is 10.3 Å². The lowest BCUT2D eigenvalue weighted by molar-refractivity contribution is -0.122. The van der Waals surface area contributed by atoms with E-state index in [0.717, 1.165) is 18.9 Å². The molecule has 0 bridgehead atoms. The van der Waals surface area contributed by atoms with Gasteiger partial charge in [-0.3, -0.25) is 9.59 Å². The van der Waals surface area contributed by atoms with Crippen molar-refractivity contribution in [1.82, 2.24) is 15.0 Å². The van der Waals surface area contributed by atoms with Crippen LogP contribution in [0.5, 0.6) is 0 Å². The molecule has 2 aromatic heterocycles. The molecule has 3 heterocycles. The zero-order valence-corrected chi connectivity index (χ0v) is 22.6. The smallest absolute Gasteiger partial charge is 0.297 e. The third kappa shape index (κ3) is 5.89. The summed E-state index contributed by atoms with van der Waals surface area (Å²) in [6.45, 7) is 0. The summed E-state index contributed by atoms with van der Waals surface area (Å²) in [5, 5.41) is 2.84. The standard InChI is InChI=1S/C24H26ClN3O8S2/c25-16-5-8-19-18(12-16)27-24(36-19)14-3-6-17(7-4-14)26-23(30)20-9-10-21(35-20)38(33,34)28-22(29)15-2-1-11-37(31,32)13-15/h5,8-10,12,14-15,17H,1-4,6-7,11,13H2,(H,26,30)(H,28,29). The molecular weight excluding hydrogens is 558 g/mol. The fraction of sp³-hybridized carbons (Fsp3) is 0.458. The van der Waals surface area contributed by atoms with Gasteiger partial charge in [0.25, 0.3) is 15.9 Å². The lowest BCUT2D eigenvalue weighted by Crippen LogP contribution is -2.40. The highest BCUT2D eigenvalue weighted by Crippen LogP contribution is 2.34. The molecule has 2 aliphatic rings. The van der Waals surface area contributed by atoms with E-state index in [1.165, 1.54) is 6.07 Å². The summed E-state index contributed by atoms with van der Waals surface area (Å²) in [5.41, 5.74) is 1.37. The molecule has 5 rings (SSSR count). The third-order valence-electron chi connectivity index (χ3n) is 6.92. The van der Waals surface area contributed by atoms with Gasteiger partial charge in [-0.05, 0) is 68.9 Å². The molecule has 0 spiro atoms. The average Bonchev–Trinajstić information content (AvgIpc) is 3.52. The number of rotatable bonds is 6. The number of fused-ring (bicyclic) bond motifs is 1. The number of nitrogens with zero attached hydrogens (tertiary/aromatic N) is 1. The molecule has 14 heteroatoms. The quantitative estimate of drug-likeness (QED) is 0.443. The Hall–Kier alpha value is -2.90. The first-order chi connectivity index (χ1) is 18.0. The molecule has 2 amide bonds. The summed E-state index contributed by atoms with van der Waals surface area (Å²) < 4.78 is 61.7. The second kappa shape index (κ2) is 10.3. The Morgan fingerprint density at radius 2 is 1.79 bits per heavy atom. The number of halogens is 1. The van der Waals surface area contributed by atoms with Crippen LogP contribution in [0.25, 0.3) is 11.1 Å². The summed E-state index contributed by atoms with van der Waals surface area (Å²) >= 11 is 6.02. The van der Waals surface area contributed by atoms with Gasteiger partial charge in [0.2, 0.25) is 11.0 Å². The van der Waals surface area contributed by atoms with Crippen LogP contribution < -0.4 is 10.0 Å². The topological polar surface area (TPSA) is 166 Å². The van der Waals surface area contributed by atoms with Crippen molar-refractivity contribution in [3.63, 3.8) is 0 Å². The number of amides is 2. The molecule has 1 atom stereocenters. The lowest BCUT2D eigenvalue weighted by Gasteiger charge is -2.27. The number of benzene rings is 1. The van der Waals surface area contributed by atoms with E-state index in [1.54, 1.807) is 18.2 Å². The summed E-state index contributed by atoms with van der Waals surface area (Å²) in [7, 11) is -7.80. The fourth-order valence-corrected chi connectivity index (χ4v) is 7.77. The molecule has 1 aliphatic heterocycles.